The molecular weight excluding hydrogens is 156 g/mol. The normalized spacial score (nSPS) is 15.6. The van der Waals surface area contributed by atoms with Crippen molar-refractivity contribution in [3.8, 4) is 0 Å². The molecule has 0 heterocycles. The van der Waals surface area contributed by atoms with Crippen molar-refractivity contribution < 1.29 is 9.90 Å². The van der Waals surface area contributed by atoms with Crippen molar-refractivity contribution in [1.82, 2.24) is 5.32 Å². The fourth-order valence-electron chi connectivity index (χ4n) is 0.793. The maximum Gasteiger partial charge on any atom is 0.304 e. The molecule has 72 valence electrons. The van der Waals surface area contributed by atoms with Gasteiger partial charge in [0.15, 0.2) is 0 Å². The number of nitrogens with two attached hydrogens (primary N) is 1. The zero-order chi connectivity index (χ0) is 9.56. The molecule has 4 heteroatoms. The summed E-state index contributed by atoms with van der Waals surface area (Å²) >= 11 is 0. The SMILES string of the molecule is CCC(C)NCC(N)CC(=O)O. The predicted molar refractivity (Wildman–Crippen MR) is 48.0 cm³/mol. The average Bonchev–Trinajstić information content (AvgIpc) is 1.99. The maximum atomic E-state index is 10.2. The standard InChI is InChI=1S/C8H18N2O2/c1-3-6(2)10-5-7(9)4-8(11)12/h6-7,10H,3-5,9H2,1-2H3,(H,11,12). The number of rotatable bonds is 6. The summed E-state index contributed by atoms with van der Waals surface area (Å²) in [6.45, 7) is 4.69. The molecule has 0 aliphatic heterocycles. The van der Waals surface area contributed by atoms with E-state index in [1.807, 2.05) is 6.92 Å². The number of aliphatic carboxylic acids is 1. The lowest BCUT2D eigenvalue weighted by atomic mass is 10.2. The van der Waals surface area contributed by atoms with E-state index in [0.717, 1.165) is 6.42 Å². The molecule has 0 saturated heterocycles. The lowest BCUT2D eigenvalue weighted by molar-refractivity contribution is -0.137. The van der Waals surface area contributed by atoms with E-state index in [2.05, 4.69) is 12.2 Å². The third-order valence-electron chi connectivity index (χ3n) is 1.78. The summed E-state index contributed by atoms with van der Waals surface area (Å²) < 4.78 is 0. The van der Waals surface area contributed by atoms with Crippen LogP contribution in [0.4, 0.5) is 0 Å². The molecule has 2 unspecified atom stereocenters. The van der Waals surface area contributed by atoms with E-state index in [9.17, 15) is 4.79 Å². The minimum absolute atomic E-state index is 0.0312. The van der Waals surface area contributed by atoms with Crippen LogP contribution < -0.4 is 11.1 Å². The lowest BCUT2D eigenvalue weighted by Gasteiger charge is -2.14. The summed E-state index contributed by atoms with van der Waals surface area (Å²) in [5.41, 5.74) is 5.53. The number of hydrogen-bond donors (Lipinski definition) is 3. The van der Waals surface area contributed by atoms with Crippen molar-refractivity contribution in [3.05, 3.63) is 0 Å². The topological polar surface area (TPSA) is 75.3 Å². The van der Waals surface area contributed by atoms with Gasteiger partial charge in [0, 0.05) is 18.6 Å². The predicted octanol–water partition coefficient (Wildman–Crippen LogP) is 0.177. The van der Waals surface area contributed by atoms with Crippen LogP contribution in [0.2, 0.25) is 0 Å². The van der Waals surface area contributed by atoms with Gasteiger partial charge in [0.2, 0.25) is 0 Å². The van der Waals surface area contributed by atoms with Crippen molar-refractivity contribution >= 4 is 5.97 Å². The number of carboxylic acid groups (broad SMARTS) is 1. The van der Waals surface area contributed by atoms with Crippen molar-refractivity contribution in [2.45, 2.75) is 38.8 Å². The van der Waals surface area contributed by atoms with Crippen LogP contribution in [-0.4, -0.2) is 29.7 Å². The number of hydrogen-bond acceptors (Lipinski definition) is 3. The molecule has 0 spiro atoms. The van der Waals surface area contributed by atoms with Crippen LogP contribution in [0, 0.1) is 0 Å². The first kappa shape index (κ1) is 11.4. The summed E-state index contributed by atoms with van der Waals surface area (Å²) in [5, 5.41) is 11.5. The summed E-state index contributed by atoms with van der Waals surface area (Å²) in [5.74, 6) is -0.839. The van der Waals surface area contributed by atoms with E-state index < -0.39 is 5.97 Å². The molecule has 0 amide bonds. The van der Waals surface area contributed by atoms with Crippen molar-refractivity contribution in [2.75, 3.05) is 6.54 Å². The highest BCUT2D eigenvalue weighted by molar-refractivity contribution is 5.67. The molecule has 12 heavy (non-hydrogen) atoms. The Hall–Kier alpha value is -0.610. The molecule has 4 N–H and O–H groups in total. The van der Waals surface area contributed by atoms with Gasteiger partial charge in [0.25, 0.3) is 0 Å². The van der Waals surface area contributed by atoms with Gasteiger partial charge in [-0.3, -0.25) is 4.79 Å². The van der Waals surface area contributed by atoms with E-state index in [0.29, 0.717) is 12.6 Å². The summed E-state index contributed by atoms with van der Waals surface area (Å²) in [7, 11) is 0. The fraction of sp³-hybridized carbons (Fsp3) is 0.875. The van der Waals surface area contributed by atoms with Crippen LogP contribution in [0.3, 0.4) is 0 Å². The van der Waals surface area contributed by atoms with Gasteiger partial charge in [-0.2, -0.15) is 0 Å². The molecule has 2 atom stereocenters. The van der Waals surface area contributed by atoms with Crippen LogP contribution in [-0.2, 0) is 4.79 Å². The zero-order valence-electron chi connectivity index (χ0n) is 7.71. The van der Waals surface area contributed by atoms with Gasteiger partial charge < -0.3 is 16.2 Å². The Kier molecular flexibility index (Phi) is 5.66. The van der Waals surface area contributed by atoms with E-state index in [1.54, 1.807) is 0 Å². The molecule has 0 aliphatic rings. The first-order valence-corrected chi connectivity index (χ1v) is 4.27. The molecule has 4 nitrogen and oxygen atoms in total. The quantitative estimate of drug-likeness (QED) is 0.537. The molecular formula is C8H18N2O2. The number of nitrogens with one attached hydrogen (secondary N) is 1. The second-order valence-electron chi connectivity index (χ2n) is 3.08. The van der Waals surface area contributed by atoms with Crippen LogP contribution >= 0.6 is 0 Å². The van der Waals surface area contributed by atoms with Crippen molar-refractivity contribution in [2.24, 2.45) is 5.73 Å². The number of carbonyl (C=O) groups is 1. The molecule has 0 radical (unpaired) electrons. The summed E-state index contributed by atoms with van der Waals surface area (Å²) in [4.78, 5) is 10.2. The third-order valence-corrected chi connectivity index (χ3v) is 1.78. The van der Waals surface area contributed by atoms with Gasteiger partial charge in [-0.15, -0.1) is 0 Å². The summed E-state index contributed by atoms with van der Waals surface area (Å²) in [6, 6.07) is 0.126. The molecule has 0 aromatic heterocycles. The Bertz CT molecular complexity index is 139. The van der Waals surface area contributed by atoms with Crippen LogP contribution in [0.1, 0.15) is 26.7 Å². The Balaban J connectivity index is 3.43. The van der Waals surface area contributed by atoms with Gasteiger partial charge in [-0.25, -0.2) is 0 Å². The fourth-order valence-corrected chi connectivity index (χ4v) is 0.793. The highest BCUT2D eigenvalue weighted by Crippen LogP contribution is 1.90. The average molecular weight is 174 g/mol. The van der Waals surface area contributed by atoms with Crippen molar-refractivity contribution in [1.29, 1.82) is 0 Å². The van der Waals surface area contributed by atoms with E-state index in [4.69, 9.17) is 10.8 Å². The van der Waals surface area contributed by atoms with Crippen LogP contribution in [0.5, 0.6) is 0 Å². The van der Waals surface area contributed by atoms with Crippen LogP contribution in [0.25, 0.3) is 0 Å². The molecule has 0 fully saturated rings. The van der Waals surface area contributed by atoms with Gasteiger partial charge in [0.1, 0.15) is 0 Å². The van der Waals surface area contributed by atoms with Gasteiger partial charge in [-0.1, -0.05) is 6.92 Å². The second-order valence-corrected chi connectivity index (χ2v) is 3.08. The zero-order valence-corrected chi connectivity index (χ0v) is 7.71. The van der Waals surface area contributed by atoms with Gasteiger partial charge >= 0.3 is 5.97 Å². The smallest absolute Gasteiger partial charge is 0.304 e. The molecule has 0 aromatic carbocycles. The second kappa shape index (κ2) is 5.97. The third kappa shape index (κ3) is 6.12. The molecule has 0 bridgehead atoms. The van der Waals surface area contributed by atoms with E-state index in [1.165, 1.54) is 0 Å². The van der Waals surface area contributed by atoms with E-state index >= 15 is 0 Å². The maximum absolute atomic E-state index is 10.2. The molecule has 0 rings (SSSR count). The first-order chi connectivity index (χ1) is 5.56. The number of carboxylic acids is 1. The first-order valence-electron chi connectivity index (χ1n) is 4.27. The van der Waals surface area contributed by atoms with Crippen molar-refractivity contribution in [3.63, 3.8) is 0 Å². The minimum atomic E-state index is -0.839. The van der Waals surface area contributed by atoms with E-state index in [-0.39, 0.29) is 12.5 Å². The lowest BCUT2D eigenvalue weighted by Crippen LogP contribution is -2.39. The molecule has 0 aliphatic carbocycles. The molecule has 0 saturated carbocycles. The molecule has 0 aromatic rings. The minimum Gasteiger partial charge on any atom is -0.481 e. The Morgan fingerprint density at radius 3 is 2.67 bits per heavy atom. The van der Waals surface area contributed by atoms with Gasteiger partial charge in [0.05, 0.1) is 6.42 Å². The van der Waals surface area contributed by atoms with Gasteiger partial charge in [-0.05, 0) is 13.3 Å². The largest absolute Gasteiger partial charge is 0.481 e. The highest BCUT2D eigenvalue weighted by Gasteiger charge is 2.08. The monoisotopic (exact) mass is 174 g/mol. The highest BCUT2D eigenvalue weighted by atomic mass is 16.4. The Labute approximate surface area is 73.1 Å². The Morgan fingerprint density at radius 1 is 1.67 bits per heavy atom. The van der Waals surface area contributed by atoms with Crippen LogP contribution in [0.15, 0.2) is 0 Å². The summed E-state index contributed by atoms with van der Waals surface area (Å²) in [6.07, 6.45) is 1.06. The Morgan fingerprint density at radius 2 is 2.25 bits per heavy atom.